The Morgan fingerprint density at radius 2 is 1.94 bits per heavy atom. The number of carbonyl (C=O) groups excluding carboxylic acids is 2. The van der Waals surface area contributed by atoms with Crippen LogP contribution in [0.4, 0.5) is 5.69 Å². The van der Waals surface area contributed by atoms with Gasteiger partial charge in [-0.15, -0.1) is 0 Å². The topological polar surface area (TPSA) is 80.3 Å². The Bertz CT molecular complexity index is 1040. The highest BCUT2D eigenvalue weighted by Gasteiger charge is 2.35. The van der Waals surface area contributed by atoms with E-state index < -0.39 is 0 Å². The van der Waals surface area contributed by atoms with E-state index in [1.807, 2.05) is 18.2 Å². The lowest BCUT2D eigenvalue weighted by Gasteiger charge is -2.31. The van der Waals surface area contributed by atoms with Crippen molar-refractivity contribution in [1.29, 1.82) is 0 Å². The average Bonchev–Trinajstić information content (AvgIpc) is 3.43. The Morgan fingerprint density at radius 1 is 1.09 bits per heavy atom. The largest absolute Gasteiger partial charge is 0.454 e. The van der Waals surface area contributed by atoms with Crippen molar-refractivity contribution in [2.24, 2.45) is 5.92 Å². The summed E-state index contributed by atoms with van der Waals surface area (Å²) in [5.41, 5.74) is 3.00. The molecule has 5 rings (SSSR count). The standard InChI is InChI=1S/C25H29N3O5/c1-17-13-27(7-8-31-17)14-19-4-2-3-18(9-19)12-26-25(30)20-10-24(29)28(15-20)21-5-6-22-23(11-21)33-16-32-22/h2-6,9,11,17,20H,7-8,10,12-16H2,1H3,(H,26,30). The minimum atomic E-state index is -0.374. The molecular formula is C25H29N3O5. The maximum absolute atomic E-state index is 12.8. The van der Waals surface area contributed by atoms with Crippen LogP contribution in [0.25, 0.3) is 0 Å². The molecule has 2 unspecified atom stereocenters. The number of hydrogen-bond donors (Lipinski definition) is 1. The number of rotatable bonds is 6. The van der Waals surface area contributed by atoms with Crippen molar-refractivity contribution in [3.63, 3.8) is 0 Å². The van der Waals surface area contributed by atoms with E-state index in [1.165, 1.54) is 5.56 Å². The zero-order chi connectivity index (χ0) is 22.8. The molecule has 2 aromatic carbocycles. The van der Waals surface area contributed by atoms with E-state index in [0.29, 0.717) is 24.6 Å². The van der Waals surface area contributed by atoms with Gasteiger partial charge in [0.05, 0.1) is 18.6 Å². The van der Waals surface area contributed by atoms with Crippen molar-refractivity contribution >= 4 is 17.5 Å². The molecule has 0 radical (unpaired) electrons. The number of nitrogens with zero attached hydrogens (tertiary/aromatic N) is 2. The molecule has 2 saturated heterocycles. The van der Waals surface area contributed by atoms with Crippen LogP contribution in [0.15, 0.2) is 42.5 Å². The molecule has 2 fully saturated rings. The molecular weight excluding hydrogens is 422 g/mol. The fourth-order valence-electron chi connectivity index (χ4n) is 4.65. The maximum atomic E-state index is 12.8. The van der Waals surface area contributed by atoms with Crippen molar-refractivity contribution in [3.8, 4) is 11.5 Å². The van der Waals surface area contributed by atoms with Crippen LogP contribution >= 0.6 is 0 Å². The molecule has 8 nitrogen and oxygen atoms in total. The summed E-state index contributed by atoms with van der Waals surface area (Å²) in [5.74, 6) is 0.764. The predicted octanol–water partition coefficient (Wildman–Crippen LogP) is 2.31. The van der Waals surface area contributed by atoms with Crippen molar-refractivity contribution in [2.75, 3.05) is 37.9 Å². The van der Waals surface area contributed by atoms with Gasteiger partial charge in [0.1, 0.15) is 0 Å². The number of benzene rings is 2. The molecule has 0 aliphatic carbocycles. The van der Waals surface area contributed by atoms with Crippen LogP contribution in [0.1, 0.15) is 24.5 Å². The zero-order valence-electron chi connectivity index (χ0n) is 18.8. The quantitative estimate of drug-likeness (QED) is 0.726. The third kappa shape index (κ3) is 4.96. The van der Waals surface area contributed by atoms with Crippen LogP contribution in [0.5, 0.6) is 11.5 Å². The van der Waals surface area contributed by atoms with E-state index in [4.69, 9.17) is 14.2 Å². The van der Waals surface area contributed by atoms with Gasteiger partial charge in [-0.05, 0) is 30.2 Å². The van der Waals surface area contributed by atoms with Gasteiger partial charge in [0.2, 0.25) is 18.6 Å². The lowest BCUT2D eigenvalue weighted by atomic mass is 10.1. The lowest BCUT2D eigenvalue weighted by molar-refractivity contribution is -0.126. The molecule has 0 bridgehead atoms. The highest BCUT2D eigenvalue weighted by atomic mass is 16.7. The Balaban J connectivity index is 1.16. The zero-order valence-corrected chi connectivity index (χ0v) is 18.8. The van der Waals surface area contributed by atoms with Gasteiger partial charge in [0.25, 0.3) is 0 Å². The summed E-state index contributed by atoms with van der Waals surface area (Å²) in [4.78, 5) is 29.4. The summed E-state index contributed by atoms with van der Waals surface area (Å²) in [7, 11) is 0. The molecule has 0 saturated carbocycles. The van der Waals surface area contributed by atoms with Gasteiger partial charge in [0, 0.05) is 50.9 Å². The molecule has 2 amide bonds. The number of carbonyl (C=O) groups is 2. The fraction of sp³-hybridized carbons (Fsp3) is 0.440. The predicted molar refractivity (Wildman–Crippen MR) is 122 cm³/mol. The van der Waals surface area contributed by atoms with E-state index in [9.17, 15) is 9.59 Å². The van der Waals surface area contributed by atoms with Gasteiger partial charge in [0.15, 0.2) is 11.5 Å². The molecule has 0 aromatic heterocycles. The van der Waals surface area contributed by atoms with E-state index >= 15 is 0 Å². The first-order chi connectivity index (χ1) is 16.0. The van der Waals surface area contributed by atoms with Crippen molar-refractivity contribution < 1.29 is 23.8 Å². The molecule has 174 valence electrons. The summed E-state index contributed by atoms with van der Waals surface area (Å²) < 4.78 is 16.4. The van der Waals surface area contributed by atoms with Gasteiger partial charge < -0.3 is 24.4 Å². The molecule has 33 heavy (non-hydrogen) atoms. The second kappa shape index (κ2) is 9.41. The molecule has 3 heterocycles. The first-order valence-corrected chi connectivity index (χ1v) is 11.4. The van der Waals surface area contributed by atoms with E-state index in [0.717, 1.165) is 37.5 Å². The molecule has 3 aliphatic rings. The molecule has 8 heteroatoms. The van der Waals surface area contributed by atoms with Crippen molar-refractivity contribution in [2.45, 2.75) is 32.5 Å². The summed E-state index contributed by atoms with van der Waals surface area (Å²) >= 11 is 0. The highest BCUT2D eigenvalue weighted by Crippen LogP contribution is 2.37. The molecule has 2 atom stereocenters. The monoisotopic (exact) mass is 451 g/mol. The van der Waals surface area contributed by atoms with E-state index in [2.05, 4.69) is 29.3 Å². The van der Waals surface area contributed by atoms with Crippen molar-refractivity contribution in [3.05, 3.63) is 53.6 Å². The van der Waals surface area contributed by atoms with Gasteiger partial charge in [-0.25, -0.2) is 0 Å². The van der Waals surface area contributed by atoms with Gasteiger partial charge in [-0.2, -0.15) is 0 Å². The van der Waals surface area contributed by atoms with Crippen LogP contribution in [-0.2, 0) is 27.4 Å². The molecule has 2 aromatic rings. The average molecular weight is 452 g/mol. The minimum absolute atomic E-state index is 0.0595. The number of ether oxygens (including phenoxy) is 3. The SMILES string of the molecule is CC1CN(Cc2cccc(CNC(=O)C3CC(=O)N(c4ccc5c(c4)OCO5)C3)c2)CCO1. The highest BCUT2D eigenvalue weighted by molar-refractivity contribution is 6.00. The number of fused-ring (bicyclic) bond motifs is 1. The summed E-state index contributed by atoms with van der Waals surface area (Å²) in [5, 5.41) is 3.02. The number of nitrogens with one attached hydrogen (secondary N) is 1. The number of morpholine rings is 1. The number of hydrogen-bond acceptors (Lipinski definition) is 6. The number of anilines is 1. The number of amides is 2. The first-order valence-electron chi connectivity index (χ1n) is 11.4. The minimum Gasteiger partial charge on any atom is -0.454 e. The van der Waals surface area contributed by atoms with Crippen LogP contribution in [0.2, 0.25) is 0 Å². The van der Waals surface area contributed by atoms with Crippen LogP contribution < -0.4 is 19.7 Å². The third-order valence-electron chi connectivity index (χ3n) is 6.35. The van der Waals surface area contributed by atoms with Gasteiger partial charge in [-0.3, -0.25) is 14.5 Å². The molecule has 1 N–H and O–H groups in total. The third-order valence-corrected chi connectivity index (χ3v) is 6.35. The van der Waals surface area contributed by atoms with E-state index in [-0.39, 0.29) is 37.0 Å². The van der Waals surface area contributed by atoms with Gasteiger partial charge in [-0.1, -0.05) is 24.3 Å². The Labute approximate surface area is 193 Å². The van der Waals surface area contributed by atoms with Crippen molar-refractivity contribution in [1.82, 2.24) is 10.2 Å². The second-order valence-electron chi connectivity index (χ2n) is 8.90. The first kappa shape index (κ1) is 21.7. The van der Waals surface area contributed by atoms with Crippen LogP contribution in [0.3, 0.4) is 0 Å². The Morgan fingerprint density at radius 3 is 2.82 bits per heavy atom. The van der Waals surface area contributed by atoms with Crippen LogP contribution in [-0.4, -0.2) is 55.9 Å². The van der Waals surface area contributed by atoms with E-state index in [1.54, 1.807) is 17.0 Å². The fourth-order valence-corrected chi connectivity index (χ4v) is 4.65. The second-order valence-corrected chi connectivity index (χ2v) is 8.90. The normalized spacial score (nSPS) is 22.6. The molecule has 0 spiro atoms. The smallest absolute Gasteiger partial charge is 0.231 e. The summed E-state index contributed by atoms with van der Waals surface area (Å²) in [6, 6.07) is 13.7. The Hall–Kier alpha value is -3.10. The summed E-state index contributed by atoms with van der Waals surface area (Å²) in [6.07, 6.45) is 0.461. The lowest BCUT2D eigenvalue weighted by Crippen LogP contribution is -2.40. The van der Waals surface area contributed by atoms with Crippen LogP contribution in [0, 0.1) is 5.92 Å². The summed E-state index contributed by atoms with van der Waals surface area (Å²) in [6.45, 7) is 6.58. The Kier molecular flexibility index (Phi) is 6.20. The maximum Gasteiger partial charge on any atom is 0.231 e. The van der Waals surface area contributed by atoms with Gasteiger partial charge >= 0.3 is 0 Å². The molecule has 3 aliphatic heterocycles.